The molecule has 0 spiro atoms. The molecule has 5 heteroatoms. The van der Waals surface area contributed by atoms with E-state index in [-0.39, 0.29) is 0 Å². The maximum atomic E-state index is 5.85. The number of fused-ring (bicyclic) bond motifs is 1. The van der Waals surface area contributed by atoms with E-state index in [9.17, 15) is 0 Å². The van der Waals surface area contributed by atoms with Crippen molar-refractivity contribution in [1.82, 2.24) is 4.98 Å². The highest BCUT2D eigenvalue weighted by atomic mass is 16.4. The number of hydrogen-bond acceptors (Lipinski definition) is 5. The van der Waals surface area contributed by atoms with Gasteiger partial charge in [-0.05, 0) is 37.1 Å². The van der Waals surface area contributed by atoms with Gasteiger partial charge in [-0.3, -0.25) is 0 Å². The molecule has 0 atom stereocenters. The Morgan fingerprint density at radius 2 is 2.20 bits per heavy atom. The van der Waals surface area contributed by atoms with Gasteiger partial charge >= 0.3 is 0 Å². The molecule has 2 N–H and O–H groups in total. The van der Waals surface area contributed by atoms with E-state index < -0.39 is 0 Å². The lowest BCUT2D eigenvalue weighted by Gasteiger charge is -2.18. The third-order valence-corrected chi connectivity index (χ3v) is 3.54. The number of nitrogens with zero attached hydrogens (tertiary/aromatic N) is 2. The molecule has 0 bridgehead atoms. The Morgan fingerprint density at radius 1 is 1.30 bits per heavy atom. The van der Waals surface area contributed by atoms with Crippen LogP contribution in [0.25, 0.3) is 11.1 Å². The van der Waals surface area contributed by atoms with Crippen molar-refractivity contribution in [3.63, 3.8) is 0 Å². The van der Waals surface area contributed by atoms with Crippen LogP contribution in [-0.4, -0.2) is 11.0 Å². The highest BCUT2D eigenvalue weighted by Crippen LogP contribution is 2.34. The van der Waals surface area contributed by atoms with Crippen molar-refractivity contribution in [3.8, 4) is 0 Å². The summed E-state index contributed by atoms with van der Waals surface area (Å²) >= 11 is 0. The Bertz CT molecular complexity index is 729. The number of furan rings is 1. The Hall–Kier alpha value is -2.43. The molecule has 0 unspecified atom stereocenters. The topological polar surface area (TPSA) is 68.4 Å². The van der Waals surface area contributed by atoms with E-state index in [1.165, 1.54) is 12.8 Å². The molecule has 5 nitrogen and oxygen atoms in total. The fraction of sp³-hybridized carbons (Fsp3) is 0.267. The Morgan fingerprint density at radius 3 is 2.95 bits per heavy atom. The fourth-order valence-electron chi connectivity index (χ4n) is 2.36. The molecule has 0 aliphatic heterocycles. The summed E-state index contributed by atoms with van der Waals surface area (Å²) < 4.78 is 11.3. The molecule has 0 amide bonds. The number of aromatic nitrogens is 1. The molecule has 3 aromatic rings. The maximum absolute atomic E-state index is 5.85. The van der Waals surface area contributed by atoms with Crippen molar-refractivity contribution in [2.75, 3.05) is 10.6 Å². The second-order valence-corrected chi connectivity index (χ2v) is 5.16. The van der Waals surface area contributed by atoms with E-state index in [4.69, 9.17) is 14.6 Å². The number of oxazole rings is 1. The van der Waals surface area contributed by atoms with E-state index >= 15 is 0 Å². The van der Waals surface area contributed by atoms with Gasteiger partial charge in [-0.2, -0.15) is 4.98 Å². The predicted octanol–water partition coefficient (Wildman–Crippen LogP) is 3.17. The lowest BCUT2D eigenvalue weighted by atomic mass is 10.3. The van der Waals surface area contributed by atoms with Crippen LogP contribution >= 0.6 is 0 Å². The van der Waals surface area contributed by atoms with E-state index in [1.807, 2.05) is 30.3 Å². The Kier molecular flexibility index (Phi) is 2.45. The van der Waals surface area contributed by atoms with E-state index in [0.29, 0.717) is 24.3 Å². The van der Waals surface area contributed by atoms with Gasteiger partial charge in [0, 0.05) is 17.8 Å². The lowest BCUT2D eigenvalue weighted by molar-refractivity contribution is 0.483. The van der Waals surface area contributed by atoms with Crippen molar-refractivity contribution in [2.45, 2.75) is 25.4 Å². The number of hydrogen-bond donors (Lipinski definition) is 1. The van der Waals surface area contributed by atoms with Gasteiger partial charge in [-0.15, -0.1) is 0 Å². The van der Waals surface area contributed by atoms with Gasteiger partial charge in [0.05, 0.1) is 12.8 Å². The van der Waals surface area contributed by atoms with Gasteiger partial charge in [-0.1, -0.05) is 0 Å². The summed E-state index contributed by atoms with van der Waals surface area (Å²) in [6, 6.07) is 10.5. The molecule has 4 rings (SSSR count). The second kappa shape index (κ2) is 4.30. The van der Waals surface area contributed by atoms with Crippen molar-refractivity contribution in [2.24, 2.45) is 0 Å². The minimum Gasteiger partial charge on any atom is -0.467 e. The first-order valence-corrected chi connectivity index (χ1v) is 6.75. The van der Waals surface area contributed by atoms with Crippen LogP contribution in [0.1, 0.15) is 18.6 Å². The first-order chi connectivity index (χ1) is 9.79. The maximum Gasteiger partial charge on any atom is 0.299 e. The highest BCUT2D eigenvalue weighted by molar-refractivity contribution is 5.78. The zero-order valence-electron chi connectivity index (χ0n) is 11.0. The van der Waals surface area contributed by atoms with E-state index in [0.717, 1.165) is 16.9 Å². The Labute approximate surface area is 116 Å². The molecule has 20 heavy (non-hydrogen) atoms. The summed E-state index contributed by atoms with van der Waals surface area (Å²) in [5, 5.41) is 0. The number of rotatable bonds is 4. The molecule has 1 aromatic carbocycles. The first kappa shape index (κ1) is 11.4. The molecule has 0 saturated heterocycles. The quantitative estimate of drug-likeness (QED) is 0.737. The first-order valence-electron chi connectivity index (χ1n) is 6.75. The van der Waals surface area contributed by atoms with Gasteiger partial charge in [0.25, 0.3) is 6.01 Å². The highest BCUT2D eigenvalue weighted by Gasteiger charge is 2.32. The van der Waals surface area contributed by atoms with E-state index in [1.54, 1.807) is 6.26 Å². The van der Waals surface area contributed by atoms with Crippen molar-refractivity contribution < 1.29 is 8.83 Å². The molecule has 0 radical (unpaired) electrons. The minimum atomic E-state index is 0.491. The van der Waals surface area contributed by atoms with Crippen LogP contribution in [0.5, 0.6) is 0 Å². The van der Waals surface area contributed by atoms with Gasteiger partial charge in [0.1, 0.15) is 11.3 Å². The monoisotopic (exact) mass is 269 g/mol. The standard InChI is InChI=1S/C15H15N3O2/c16-10-3-6-13-14(8-10)20-15(17-13)18(11-4-5-11)9-12-2-1-7-19-12/h1-3,6-8,11H,4-5,9,16H2. The molecular formula is C15H15N3O2. The smallest absolute Gasteiger partial charge is 0.299 e. The van der Waals surface area contributed by atoms with Crippen LogP contribution < -0.4 is 10.6 Å². The normalized spacial score (nSPS) is 14.8. The van der Waals surface area contributed by atoms with Crippen LogP contribution in [0.15, 0.2) is 45.4 Å². The zero-order valence-corrected chi connectivity index (χ0v) is 11.0. The fourth-order valence-corrected chi connectivity index (χ4v) is 2.36. The number of benzene rings is 1. The zero-order chi connectivity index (χ0) is 13.5. The summed E-state index contributed by atoms with van der Waals surface area (Å²) in [6.45, 7) is 0.681. The number of anilines is 2. The summed E-state index contributed by atoms with van der Waals surface area (Å²) in [5.41, 5.74) is 8.02. The van der Waals surface area contributed by atoms with Crippen LogP contribution in [-0.2, 0) is 6.54 Å². The van der Waals surface area contributed by atoms with Gasteiger partial charge in [0.15, 0.2) is 5.58 Å². The molecule has 1 aliphatic carbocycles. The average Bonchev–Trinajstić information content (AvgIpc) is 2.99. The molecule has 1 saturated carbocycles. The number of nitrogens with two attached hydrogens (primary N) is 1. The van der Waals surface area contributed by atoms with Crippen LogP contribution in [0.2, 0.25) is 0 Å². The van der Waals surface area contributed by atoms with Crippen LogP contribution in [0, 0.1) is 0 Å². The average molecular weight is 269 g/mol. The SMILES string of the molecule is Nc1ccc2nc(N(Cc3ccco3)C3CC3)oc2c1. The summed E-state index contributed by atoms with van der Waals surface area (Å²) in [4.78, 5) is 6.72. The number of nitrogen functional groups attached to an aromatic ring is 1. The van der Waals surface area contributed by atoms with Gasteiger partial charge in [0.2, 0.25) is 0 Å². The molecular weight excluding hydrogens is 254 g/mol. The van der Waals surface area contributed by atoms with Crippen molar-refractivity contribution >= 4 is 22.8 Å². The predicted molar refractivity (Wildman–Crippen MR) is 76.3 cm³/mol. The molecule has 1 fully saturated rings. The Balaban J connectivity index is 1.70. The van der Waals surface area contributed by atoms with Gasteiger partial charge < -0.3 is 19.5 Å². The minimum absolute atomic E-state index is 0.491. The summed E-state index contributed by atoms with van der Waals surface area (Å²) in [6.07, 6.45) is 4.02. The lowest BCUT2D eigenvalue weighted by Crippen LogP contribution is -2.24. The van der Waals surface area contributed by atoms with Crippen LogP contribution in [0.4, 0.5) is 11.7 Å². The molecule has 2 heterocycles. The van der Waals surface area contributed by atoms with Crippen molar-refractivity contribution in [3.05, 3.63) is 42.4 Å². The largest absolute Gasteiger partial charge is 0.467 e. The van der Waals surface area contributed by atoms with Crippen LogP contribution in [0.3, 0.4) is 0 Å². The van der Waals surface area contributed by atoms with Crippen molar-refractivity contribution in [1.29, 1.82) is 0 Å². The molecule has 2 aromatic heterocycles. The van der Waals surface area contributed by atoms with E-state index in [2.05, 4.69) is 9.88 Å². The third kappa shape index (κ3) is 2.01. The van der Waals surface area contributed by atoms with Gasteiger partial charge in [-0.25, -0.2) is 0 Å². The third-order valence-electron chi connectivity index (χ3n) is 3.54. The summed E-state index contributed by atoms with van der Waals surface area (Å²) in [5.74, 6) is 0.915. The second-order valence-electron chi connectivity index (χ2n) is 5.16. The summed E-state index contributed by atoms with van der Waals surface area (Å²) in [7, 11) is 0. The molecule has 1 aliphatic rings. The molecule has 102 valence electrons.